The number of hydrogen-bond donors (Lipinski definition) is 2. The molecule has 0 aliphatic carbocycles. The average molecular weight is 264 g/mol. The fourth-order valence-electron chi connectivity index (χ4n) is 1.34. The summed E-state index contributed by atoms with van der Waals surface area (Å²) in [6.45, 7) is 2.43. The van der Waals surface area contributed by atoms with Crippen molar-refractivity contribution >= 4 is 18.4 Å². The molecule has 0 atom stereocenters. The normalized spacial score (nSPS) is 10.9. The van der Waals surface area contributed by atoms with Crippen LogP contribution < -0.4 is 4.74 Å². The van der Waals surface area contributed by atoms with Crippen LogP contribution in [0.4, 0.5) is 0 Å². The van der Waals surface area contributed by atoms with Crippen molar-refractivity contribution in [3.63, 3.8) is 0 Å². The third-order valence-corrected chi connectivity index (χ3v) is 2.45. The molecule has 0 aliphatic rings. The molecule has 0 aliphatic heterocycles. The van der Waals surface area contributed by atoms with Crippen molar-refractivity contribution in [3.05, 3.63) is 34.9 Å². The second kappa shape index (κ2) is 5.46. The lowest BCUT2D eigenvalue weighted by atomic mass is 10.2. The number of aromatic nitrogens is 3. The Labute approximate surface area is 109 Å². The van der Waals surface area contributed by atoms with E-state index < -0.39 is 0 Å². The molecule has 94 valence electrons. The van der Waals surface area contributed by atoms with Crippen LogP contribution >= 0.6 is 12.2 Å². The van der Waals surface area contributed by atoms with Crippen molar-refractivity contribution in [3.8, 4) is 11.5 Å². The van der Waals surface area contributed by atoms with Crippen LogP contribution in [0.2, 0.25) is 0 Å². The van der Waals surface area contributed by atoms with E-state index >= 15 is 0 Å². The SMILES string of the molecule is CCOc1ccc(C=Nn2cn[nH]c2=S)c(O)c1. The molecule has 1 aromatic carbocycles. The molecule has 1 aromatic heterocycles. The van der Waals surface area contributed by atoms with Crippen molar-refractivity contribution in [2.24, 2.45) is 5.10 Å². The number of nitrogens with one attached hydrogen (secondary N) is 1. The molecule has 0 radical (unpaired) electrons. The van der Waals surface area contributed by atoms with E-state index in [4.69, 9.17) is 17.0 Å². The predicted octanol–water partition coefficient (Wildman–Crippen LogP) is 1.93. The van der Waals surface area contributed by atoms with E-state index in [1.165, 1.54) is 17.2 Å². The van der Waals surface area contributed by atoms with Gasteiger partial charge in [-0.1, -0.05) is 0 Å². The fourth-order valence-corrected chi connectivity index (χ4v) is 1.49. The number of phenolic OH excluding ortho intramolecular Hbond substituents is 1. The Kier molecular flexibility index (Phi) is 3.73. The van der Waals surface area contributed by atoms with E-state index in [2.05, 4.69) is 15.3 Å². The Morgan fingerprint density at radius 2 is 2.44 bits per heavy atom. The van der Waals surface area contributed by atoms with Crippen LogP contribution in [0.25, 0.3) is 0 Å². The molecule has 0 amide bonds. The molecule has 1 heterocycles. The second-order valence-electron chi connectivity index (χ2n) is 3.40. The molecule has 0 unspecified atom stereocenters. The van der Waals surface area contributed by atoms with Crippen LogP contribution in [0.1, 0.15) is 12.5 Å². The maximum atomic E-state index is 9.79. The zero-order chi connectivity index (χ0) is 13.0. The summed E-state index contributed by atoms with van der Waals surface area (Å²) < 4.78 is 7.05. The van der Waals surface area contributed by atoms with Gasteiger partial charge >= 0.3 is 0 Å². The van der Waals surface area contributed by atoms with Gasteiger partial charge in [-0.25, -0.2) is 0 Å². The summed E-state index contributed by atoms with van der Waals surface area (Å²) in [5, 5.41) is 20.2. The standard InChI is InChI=1S/C11H12N4O2S/c1-2-17-9-4-3-8(10(16)5-9)6-13-15-7-12-14-11(15)18/h3-7,16H,2H2,1H3,(H,14,18). The summed E-state index contributed by atoms with van der Waals surface area (Å²) in [6, 6.07) is 5.02. The Morgan fingerprint density at radius 1 is 1.61 bits per heavy atom. The van der Waals surface area contributed by atoms with E-state index in [9.17, 15) is 5.11 Å². The summed E-state index contributed by atoms with van der Waals surface area (Å²) in [6.07, 6.45) is 2.95. The molecular formula is C11H12N4O2S. The predicted molar refractivity (Wildman–Crippen MR) is 69.7 cm³/mol. The number of hydrogen-bond acceptors (Lipinski definition) is 5. The molecular weight excluding hydrogens is 252 g/mol. The van der Waals surface area contributed by atoms with Gasteiger partial charge in [0, 0.05) is 11.6 Å². The number of aromatic hydroxyl groups is 1. The molecule has 0 bridgehead atoms. The first kappa shape index (κ1) is 12.3. The molecule has 2 N–H and O–H groups in total. The van der Waals surface area contributed by atoms with Gasteiger partial charge in [0.2, 0.25) is 4.77 Å². The van der Waals surface area contributed by atoms with E-state index in [0.717, 1.165) is 0 Å². The van der Waals surface area contributed by atoms with E-state index in [-0.39, 0.29) is 5.75 Å². The zero-order valence-corrected chi connectivity index (χ0v) is 10.5. The highest BCUT2D eigenvalue weighted by atomic mass is 32.1. The van der Waals surface area contributed by atoms with Crippen molar-refractivity contribution < 1.29 is 9.84 Å². The third-order valence-electron chi connectivity index (χ3n) is 2.17. The number of nitrogens with zero attached hydrogens (tertiary/aromatic N) is 3. The van der Waals surface area contributed by atoms with Gasteiger partial charge in [0.1, 0.15) is 17.8 Å². The van der Waals surface area contributed by atoms with Gasteiger partial charge in [-0.3, -0.25) is 5.10 Å². The summed E-state index contributed by atoms with van der Waals surface area (Å²) in [5.74, 6) is 0.715. The maximum Gasteiger partial charge on any atom is 0.216 e. The van der Waals surface area contributed by atoms with Gasteiger partial charge in [0.05, 0.1) is 12.8 Å². The minimum atomic E-state index is 0.0970. The lowest BCUT2D eigenvalue weighted by molar-refractivity contribution is 0.337. The number of aromatic amines is 1. The topological polar surface area (TPSA) is 75.4 Å². The molecule has 7 heteroatoms. The van der Waals surface area contributed by atoms with Crippen LogP contribution in [0.3, 0.4) is 0 Å². The Morgan fingerprint density at radius 3 is 3.06 bits per heavy atom. The van der Waals surface area contributed by atoms with E-state index in [1.807, 2.05) is 6.92 Å². The summed E-state index contributed by atoms with van der Waals surface area (Å²) in [4.78, 5) is 0. The van der Waals surface area contributed by atoms with Gasteiger partial charge in [-0.2, -0.15) is 14.9 Å². The highest BCUT2D eigenvalue weighted by molar-refractivity contribution is 7.71. The van der Waals surface area contributed by atoms with Crippen molar-refractivity contribution in [2.45, 2.75) is 6.92 Å². The number of rotatable bonds is 4. The summed E-state index contributed by atoms with van der Waals surface area (Å²) in [5.41, 5.74) is 0.571. The lowest BCUT2D eigenvalue weighted by Gasteiger charge is -2.04. The molecule has 0 saturated carbocycles. The summed E-state index contributed by atoms with van der Waals surface area (Å²) >= 11 is 4.94. The zero-order valence-electron chi connectivity index (χ0n) is 9.70. The van der Waals surface area contributed by atoms with Crippen molar-refractivity contribution in [1.29, 1.82) is 0 Å². The fraction of sp³-hybridized carbons (Fsp3) is 0.182. The molecule has 0 fully saturated rings. The average Bonchev–Trinajstić information content (AvgIpc) is 2.74. The Balaban J connectivity index is 2.22. The van der Waals surface area contributed by atoms with Crippen molar-refractivity contribution in [2.75, 3.05) is 6.61 Å². The first-order valence-corrected chi connectivity index (χ1v) is 5.73. The smallest absolute Gasteiger partial charge is 0.216 e. The monoisotopic (exact) mass is 264 g/mol. The highest BCUT2D eigenvalue weighted by Gasteiger charge is 2.01. The molecule has 2 aromatic rings. The number of H-pyrrole nitrogens is 1. The highest BCUT2D eigenvalue weighted by Crippen LogP contribution is 2.22. The largest absolute Gasteiger partial charge is 0.507 e. The molecule has 2 rings (SSSR count). The van der Waals surface area contributed by atoms with Crippen LogP contribution in [0.15, 0.2) is 29.6 Å². The minimum absolute atomic E-state index is 0.0970. The van der Waals surface area contributed by atoms with Gasteiger partial charge in [0.15, 0.2) is 0 Å². The Hall–Kier alpha value is -2.15. The Bertz CT molecular complexity index is 618. The van der Waals surface area contributed by atoms with E-state index in [1.54, 1.807) is 18.2 Å². The maximum absolute atomic E-state index is 9.79. The quantitative estimate of drug-likeness (QED) is 0.653. The van der Waals surface area contributed by atoms with Gasteiger partial charge in [0.25, 0.3) is 0 Å². The lowest BCUT2D eigenvalue weighted by Crippen LogP contribution is -1.93. The number of phenols is 1. The number of benzene rings is 1. The number of ether oxygens (including phenoxy) is 1. The molecule has 6 nitrogen and oxygen atoms in total. The first-order chi connectivity index (χ1) is 8.70. The molecule has 0 spiro atoms. The van der Waals surface area contributed by atoms with Crippen LogP contribution in [-0.4, -0.2) is 32.8 Å². The molecule has 0 saturated heterocycles. The van der Waals surface area contributed by atoms with Gasteiger partial charge in [-0.15, -0.1) is 0 Å². The van der Waals surface area contributed by atoms with Gasteiger partial charge in [-0.05, 0) is 31.3 Å². The second-order valence-corrected chi connectivity index (χ2v) is 3.79. The molecule has 18 heavy (non-hydrogen) atoms. The first-order valence-electron chi connectivity index (χ1n) is 5.33. The minimum Gasteiger partial charge on any atom is -0.507 e. The van der Waals surface area contributed by atoms with Crippen LogP contribution in [0.5, 0.6) is 11.5 Å². The third kappa shape index (κ3) is 2.75. The van der Waals surface area contributed by atoms with E-state index in [0.29, 0.717) is 22.7 Å². The van der Waals surface area contributed by atoms with Crippen molar-refractivity contribution in [1.82, 2.24) is 14.9 Å². The van der Waals surface area contributed by atoms with Crippen LogP contribution in [-0.2, 0) is 0 Å². The van der Waals surface area contributed by atoms with Gasteiger partial charge < -0.3 is 9.84 Å². The summed E-state index contributed by atoms with van der Waals surface area (Å²) in [7, 11) is 0. The van der Waals surface area contributed by atoms with Crippen LogP contribution in [0, 0.1) is 4.77 Å².